The quantitative estimate of drug-likeness (QED) is 0.789. The van der Waals surface area contributed by atoms with Crippen LogP contribution in [0.4, 0.5) is 0 Å². The van der Waals surface area contributed by atoms with Gasteiger partial charge in [-0.3, -0.25) is 4.79 Å². The highest BCUT2D eigenvalue weighted by Gasteiger charge is 2.25. The maximum absolute atomic E-state index is 12.7. The van der Waals surface area contributed by atoms with E-state index in [0.29, 0.717) is 16.1 Å². The van der Waals surface area contributed by atoms with E-state index in [1.54, 1.807) is 32.0 Å². The Balaban J connectivity index is 2.09. The van der Waals surface area contributed by atoms with E-state index in [1.807, 2.05) is 25.1 Å². The molecule has 0 saturated heterocycles. The van der Waals surface area contributed by atoms with E-state index in [9.17, 15) is 13.2 Å². The molecule has 0 aliphatic rings. The second kappa shape index (κ2) is 8.20. The summed E-state index contributed by atoms with van der Waals surface area (Å²) in [5, 5.41) is 3.25. The van der Waals surface area contributed by atoms with Crippen LogP contribution >= 0.6 is 11.6 Å². The molecule has 0 spiro atoms. The van der Waals surface area contributed by atoms with Crippen LogP contribution in [0.5, 0.6) is 0 Å². The summed E-state index contributed by atoms with van der Waals surface area (Å²) in [7, 11) is -3.81. The molecule has 0 aliphatic carbocycles. The molecule has 0 aliphatic heterocycles. The third-order valence-electron chi connectivity index (χ3n) is 4.01. The molecular formula is C19H23ClN2O3S. The number of amides is 1. The summed E-state index contributed by atoms with van der Waals surface area (Å²) < 4.78 is 27.9. The fourth-order valence-electron chi connectivity index (χ4n) is 2.91. The Morgan fingerprint density at radius 2 is 1.69 bits per heavy atom. The fourth-order valence-corrected chi connectivity index (χ4v) is 4.77. The molecule has 2 N–H and O–H groups in total. The summed E-state index contributed by atoms with van der Waals surface area (Å²) in [5.74, 6) is -0.420. The van der Waals surface area contributed by atoms with E-state index >= 15 is 0 Å². The SMILES string of the molecule is Cc1cc(C)c(S(=O)(=O)NC(C)C(=O)NCc2ccccc2Cl)c(C)c1. The van der Waals surface area contributed by atoms with Crippen LogP contribution in [0.2, 0.25) is 5.02 Å². The molecule has 0 heterocycles. The van der Waals surface area contributed by atoms with Crippen LogP contribution in [0.1, 0.15) is 29.2 Å². The van der Waals surface area contributed by atoms with Gasteiger partial charge in [0.25, 0.3) is 0 Å². The van der Waals surface area contributed by atoms with Crippen LogP contribution in [0.3, 0.4) is 0 Å². The lowest BCUT2D eigenvalue weighted by molar-refractivity contribution is -0.122. The van der Waals surface area contributed by atoms with Crippen molar-refractivity contribution in [3.63, 3.8) is 0 Å². The van der Waals surface area contributed by atoms with Gasteiger partial charge in [0.15, 0.2) is 0 Å². The minimum absolute atomic E-state index is 0.217. The lowest BCUT2D eigenvalue weighted by Gasteiger charge is -2.17. The van der Waals surface area contributed by atoms with Gasteiger partial charge in [-0.2, -0.15) is 4.72 Å². The van der Waals surface area contributed by atoms with E-state index in [1.165, 1.54) is 6.92 Å². The van der Waals surface area contributed by atoms with Crippen molar-refractivity contribution in [2.24, 2.45) is 0 Å². The third kappa shape index (κ3) is 4.84. The Hall–Kier alpha value is -1.89. The summed E-state index contributed by atoms with van der Waals surface area (Å²) in [5.41, 5.74) is 3.06. The third-order valence-corrected chi connectivity index (χ3v) is 6.22. The summed E-state index contributed by atoms with van der Waals surface area (Å²) in [6.45, 7) is 7.15. The Kier molecular flexibility index (Phi) is 6.44. The monoisotopic (exact) mass is 394 g/mol. The smallest absolute Gasteiger partial charge is 0.241 e. The molecule has 1 unspecified atom stereocenters. The van der Waals surface area contributed by atoms with Crippen molar-refractivity contribution >= 4 is 27.5 Å². The number of sulfonamides is 1. The summed E-state index contributed by atoms with van der Waals surface area (Å²) in [6, 6.07) is 9.86. The molecule has 1 amide bonds. The topological polar surface area (TPSA) is 75.3 Å². The number of hydrogen-bond acceptors (Lipinski definition) is 3. The lowest BCUT2D eigenvalue weighted by Crippen LogP contribution is -2.44. The average Bonchev–Trinajstić information content (AvgIpc) is 2.51. The van der Waals surface area contributed by atoms with Crippen LogP contribution in [0.25, 0.3) is 0 Å². The predicted octanol–water partition coefficient (Wildman–Crippen LogP) is 3.25. The first-order chi connectivity index (χ1) is 12.1. The first-order valence-corrected chi connectivity index (χ1v) is 10.1. The van der Waals surface area contributed by atoms with Crippen molar-refractivity contribution < 1.29 is 13.2 Å². The maximum Gasteiger partial charge on any atom is 0.241 e. The van der Waals surface area contributed by atoms with Crippen molar-refractivity contribution in [1.29, 1.82) is 0 Å². The lowest BCUT2D eigenvalue weighted by atomic mass is 10.1. The Morgan fingerprint density at radius 3 is 2.27 bits per heavy atom. The van der Waals surface area contributed by atoms with Crippen molar-refractivity contribution in [2.45, 2.75) is 45.2 Å². The second-order valence-electron chi connectivity index (χ2n) is 6.38. The van der Waals surface area contributed by atoms with Crippen molar-refractivity contribution in [1.82, 2.24) is 10.0 Å². The highest BCUT2D eigenvalue weighted by molar-refractivity contribution is 7.89. The van der Waals surface area contributed by atoms with Crippen LogP contribution in [0, 0.1) is 20.8 Å². The molecule has 26 heavy (non-hydrogen) atoms. The zero-order chi connectivity index (χ0) is 19.5. The van der Waals surface area contributed by atoms with E-state index in [2.05, 4.69) is 10.0 Å². The standard InChI is InChI=1S/C19H23ClN2O3S/c1-12-9-13(2)18(14(3)10-12)26(24,25)22-15(4)19(23)21-11-16-7-5-6-8-17(16)20/h5-10,15,22H,11H2,1-4H3,(H,21,23). The molecular weight excluding hydrogens is 372 g/mol. The largest absolute Gasteiger partial charge is 0.351 e. The highest BCUT2D eigenvalue weighted by atomic mass is 35.5. The molecule has 2 rings (SSSR count). The van der Waals surface area contributed by atoms with Gasteiger partial charge in [0.2, 0.25) is 15.9 Å². The normalized spacial score (nSPS) is 12.7. The number of halogens is 1. The van der Waals surface area contributed by atoms with Crippen LogP contribution in [0.15, 0.2) is 41.3 Å². The fraction of sp³-hybridized carbons (Fsp3) is 0.316. The van der Waals surface area contributed by atoms with E-state index in [4.69, 9.17) is 11.6 Å². The molecule has 0 aromatic heterocycles. The van der Waals surface area contributed by atoms with Gasteiger partial charge in [0.05, 0.1) is 10.9 Å². The molecule has 140 valence electrons. The minimum Gasteiger partial charge on any atom is -0.351 e. The molecule has 0 radical (unpaired) electrons. The summed E-state index contributed by atoms with van der Waals surface area (Å²) in [4.78, 5) is 12.5. The molecule has 7 heteroatoms. The molecule has 0 saturated carbocycles. The molecule has 2 aromatic carbocycles. The Labute approximate surface area is 159 Å². The zero-order valence-electron chi connectivity index (χ0n) is 15.3. The average molecular weight is 395 g/mol. The van der Waals surface area contributed by atoms with Crippen LogP contribution in [-0.2, 0) is 21.4 Å². The van der Waals surface area contributed by atoms with E-state index < -0.39 is 22.0 Å². The van der Waals surface area contributed by atoms with Gasteiger partial charge in [0.1, 0.15) is 0 Å². The molecule has 5 nitrogen and oxygen atoms in total. The van der Waals surface area contributed by atoms with Crippen molar-refractivity contribution in [2.75, 3.05) is 0 Å². The molecule has 0 bridgehead atoms. The maximum atomic E-state index is 12.7. The second-order valence-corrected chi connectivity index (χ2v) is 8.44. The number of carbonyl (C=O) groups excluding carboxylic acids is 1. The van der Waals surface area contributed by atoms with Crippen molar-refractivity contribution in [3.05, 3.63) is 63.7 Å². The van der Waals surface area contributed by atoms with E-state index in [-0.39, 0.29) is 11.4 Å². The van der Waals surface area contributed by atoms with Gasteiger partial charge in [0, 0.05) is 11.6 Å². The van der Waals surface area contributed by atoms with Gasteiger partial charge >= 0.3 is 0 Å². The predicted molar refractivity (Wildman–Crippen MR) is 104 cm³/mol. The number of nitrogens with one attached hydrogen (secondary N) is 2. The first kappa shape index (κ1) is 20.4. The van der Waals surface area contributed by atoms with Gasteiger partial charge in [-0.1, -0.05) is 47.5 Å². The highest BCUT2D eigenvalue weighted by Crippen LogP contribution is 2.22. The number of hydrogen-bond donors (Lipinski definition) is 2. The zero-order valence-corrected chi connectivity index (χ0v) is 16.8. The first-order valence-electron chi connectivity index (χ1n) is 8.23. The summed E-state index contributed by atoms with van der Waals surface area (Å²) in [6.07, 6.45) is 0. The Morgan fingerprint density at radius 1 is 1.12 bits per heavy atom. The van der Waals surface area contributed by atoms with E-state index in [0.717, 1.165) is 11.1 Å². The molecule has 1 atom stereocenters. The van der Waals surface area contributed by atoms with Crippen LogP contribution in [-0.4, -0.2) is 20.4 Å². The number of rotatable bonds is 6. The number of carbonyl (C=O) groups is 1. The molecule has 0 fully saturated rings. The van der Waals surface area contributed by atoms with Gasteiger partial charge in [-0.25, -0.2) is 8.42 Å². The minimum atomic E-state index is -3.81. The van der Waals surface area contributed by atoms with Gasteiger partial charge < -0.3 is 5.32 Å². The van der Waals surface area contributed by atoms with Crippen molar-refractivity contribution in [3.8, 4) is 0 Å². The Bertz CT molecular complexity index is 903. The molecule has 2 aromatic rings. The summed E-state index contributed by atoms with van der Waals surface area (Å²) >= 11 is 6.06. The van der Waals surface area contributed by atoms with Gasteiger partial charge in [-0.15, -0.1) is 0 Å². The number of benzene rings is 2. The van der Waals surface area contributed by atoms with Gasteiger partial charge in [-0.05, 0) is 50.5 Å². The van der Waals surface area contributed by atoms with Crippen LogP contribution < -0.4 is 10.0 Å². The number of aryl methyl sites for hydroxylation is 3.